The molecule has 0 saturated heterocycles. The van der Waals surface area contributed by atoms with Crippen LogP contribution in [-0.2, 0) is 18.0 Å². The summed E-state index contributed by atoms with van der Waals surface area (Å²) in [5.74, 6) is 0. The Labute approximate surface area is 82.8 Å². The molecule has 0 saturated carbocycles. The van der Waals surface area contributed by atoms with E-state index >= 15 is 0 Å². The second kappa shape index (κ2) is 13.2. The van der Waals surface area contributed by atoms with Gasteiger partial charge in [0, 0.05) is 0 Å². The standard InChI is InChI=1S/CH7O3P.2CH3.2ClH.Pd/c1-5(2,3)4;;;;;/h2-5H,1H3;2*1H3;2*1H;/q;;;;;+2/p-2. The third kappa shape index (κ3) is 290. The van der Waals surface area contributed by atoms with Crippen LogP contribution in [0.15, 0.2) is 0 Å². The first-order valence-electron chi connectivity index (χ1n) is 1.80. The molecule has 0 aromatic rings. The molecule has 0 aliphatic heterocycles. The molecule has 0 fully saturated rings. The van der Waals surface area contributed by atoms with E-state index in [4.69, 9.17) is 14.7 Å². The average Bonchev–Trinajstić information content (AvgIpc) is 1.27. The van der Waals surface area contributed by atoms with Crippen LogP contribution in [-0.4, -0.2) is 21.3 Å². The zero-order valence-electron chi connectivity index (χ0n) is 5.91. The summed E-state index contributed by atoms with van der Waals surface area (Å²) in [6.45, 7) is 0.993. The molecule has 3 N–H and O–H groups in total. The van der Waals surface area contributed by atoms with Gasteiger partial charge in [0.2, 0.25) is 0 Å². The summed E-state index contributed by atoms with van der Waals surface area (Å²) in [5, 5.41) is 4.35. The molecule has 72 valence electrons. The van der Waals surface area contributed by atoms with Gasteiger partial charge in [-0.3, -0.25) is 0 Å². The van der Waals surface area contributed by atoms with E-state index in [9.17, 15) is 0 Å². The molecule has 0 radical (unpaired) electrons. The maximum atomic E-state index is 7.77. The summed E-state index contributed by atoms with van der Waals surface area (Å²) < 4.78 is 0. The van der Waals surface area contributed by atoms with Crippen LogP contribution < -0.4 is 24.8 Å². The van der Waals surface area contributed by atoms with E-state index in [0.29, 0.717) is 0 Å². The van der Waals surface area contributed by atoms with Crippen molar-refractivity contribution >= 4 is 7.94 Å². The molecule has 0 atom stereocenters. The maximum Gasteiger partial charge on any atom is -1.00 e. The quantitative estimate of drug-likeness (QED) is 0.309. The van der Waals surface area contributed by atoms with E-state index in [0.717, 1.165) is 24.6 Å². The SMILES string of the molecule is C[PH](O)(O)O.[CH3][Pd+2][CH3].[Cl-].[Cl-]. The zero-order chi connectivity index (χ0) is 7.21. The number of hydrogen-bond donors (Lipinski definition) is 3. The van der Waals surface area contributed by atoms with Crippen molar-refractivity contribution in [1.82, 2.24) is 0 Å². The van der Waals surface area contributed by atoms with Crippen LogP contribution in [0.5, 0.6) is 0 Å². The summed E-state index contributed by atoms with van der Waals surface area (Å²) in [4.78, 5) is 23.3. The fourth-order valence-electron chi connectivity index (χ4n) is 0. The first kappa shape index (κ1) is 22.6. The fourth-order valence-corrected chi connectivity index (χ4v) is 0. The van der Waals surface area contributed by atoms with E-state index in [2.05, 4.69) is 10.8 Å². The minimum atomic E-state index is -3.61. The third-order valence-electron chi connectivity index (χ3n) is 0. The summed E-state index contributed by atoms with van der Waals surface area (Å²) in [7, 11) is -3.61. The van der Waals surface area contributed by atoms with Crippen molar-refractivity contribution in [3.63, 3.8) is 0 Å². The second-order valence-electron chi connectivity index (χ2n) is 1.29. The molecule has 0 bridgehead atoms. The van der Waals surface area contributed by atoms with Crippen molar-refractivity contribution in [2.75, 3.05) is 6.66 Å². The largest absolute Gasteiger partial charge is 1.00 e. The molecule has 0 spiro atoms. The van der Waals surface area contributed by atoms with Crippen LogP contribution in [0.2, 0.25) is 10.8 Å². The van der Waals surface area contributed by atoms with Gasteiger partial charge in [0.15, 0.2) is 0 Å². The van der Waals surface area contributed by atoms with Crippen molar-refractivity contribution in [1.29, 1.82) is 0 Å². The van der Waals surface area contributed by atoms with Gasteiger partial charge in [-0.1, -0.05) is 0 Å². The van der Waals surface area contributed by atoms with Gasteiger partial charge in [-0.15, -0.1) is 0 Å². The Bertz CT molecular complexity index is 45.5. The first-order valence-corrected chi connectivity index (χ1v) is 7.25. The van der Waals surface area contributed by atoms with E-state index < -0.39 is 7.94 Å². The van der Waals surface area contributed by atoms with Gasteiger partial charge in [0.1, 0.15) is 0 Å². The molecule has 0 aliphatic rings. The van der Waals surface area contributed by atoms with Crippen molar-refractivity contribution in [2.45, 2.75) is 10.8 Å². The van der Waals surface area contributed by atoms with Crippen molar-refractivity contribution in [2.24, 2.45) is 0 Å². The molecule has 7 heteroatoms. The van der Waals surface area contributed by atoms with Gasteiger partial charge in [-0.25, -0.2) is 0 Å². The van der Waals surface area contributed by atoms with Crippen LogP contribution >= 0.6 is 7.94 Å². The first-order chi connectivity index (χ1) is 3.41. The zero-order valence-corrected chi connectivity index (χ0v) is 9.98. The predicted molar refractivity (Wildman–Crippen MR) is 32.6 cm³/mol. The summed E-state index contributed by atoms with van der Waals surface area (Å²) in [5.41, 5.74) is 0. The van der Waals surface area contributed by atoms with E-state index in [1.54, 1.807) is 0 Å². The third-order valence-corrected chi connectivity index (χ3v) is 0. The summed E-state index contributed by atoms with van der Waals surface area (Å²) in [6, 6.07) is 0. The fraction of sp³-hybridized carbons (Fsp3) is 1.00. The van der Waals surface area contributed by atoms with Gasteiger partial charge in [0.25, 0.3) is 0 Å². The molecular formula is C3H13Cl2O3PPd. The minimum Gasteiger partial charge on any atom is -1.00 e. The average molecular weight is 305 g/mol. The Balaban J connectivity index is -0.0000000326. The smallest absolute Gasteiger partial charge is 1.00 e. The van der Waals surface area contributed by atoms with Crippen LogP contribution in [0, 0.1) is 0 Å². The molecule has 0 aliphatic carbocycles. The molecule has 0 aromatic carbocycles. The van der Waals surface area contributed by atoms with Crippen molar-refractivity contribution < 1.29 is 57.5 Å². The van der Waals surface area contributed by atoms with Crippen LogP contribution in [0.25, 0.3) is 0 Å². The topological polar surface area (TPSA) is 60.7 Å². The molecule has 0 amide bonds. The van der Waals surface area contributed by atoms with Gasteiger partial charge < -0.3 is 24.8 Å². The van der Waals surface area contributed by atoms with Gasteiger partial charge >= 0.3 is 58.1 Å². The number of rotatable bonds is 0. The van der Waals surface area contributed by atoms with E-state index in [-0.39, 0.29) is 24.8 Å². The van der Waals surface area contributed by atoms with Gasteiger partial charge in [-0.05, 0) is 0 Å². The normalized spacial score (nSPS) is 9.80. The van der Waals surface area contributed by atoms with Gasteiger partial charge in [-0.2, -0.15) is 0 Å². The Morgan fingerprint density at radius 2 is 1.00 bits per heavy atom. The molecule has 0 heterocycles. The van der Waals surface area contributed by atoms with Crippen LogP contribution in [0.3, 0.4) is 0 Å². The molecule has 0 rings (SSSR count). The Hall–Kier alpha value is 1.55. The molecule has 0 aromatic heterocycles. The number of halogens is 2. The monoisotopic (exact) mass is 304 g/mol. The second-order valence-corrected chi connectivity index (χ2v) is 4.78. The van der Waals surface area contributed by atoms with Crippen molar-refractivity contribution in [3.8, 4) is 0 Å². The Morgan fingerprint density at radius 1 is 1.00 bits per heavy atom. The van der Waals surface area contributed by atoms with Gasteiger partial charge in [0.05, 0.1) is 0 Å². The van der Waals surface area contributed by atoms with Crippen molar-refractivity contribution in [3.05, 3.63) is 0 Å². The summed E-state index contributed by atoms with van der Waals surface area (Å²) >= 11 is 0.950. The molecular weight excluding hydrogens is 292 g/mol. The Kier molecular flexibility index (Phi) is 29.7. The molecule has 0 unspecified atom stereocenters. The predicted octanol–water partition coefficient (Wildman–Crippen LogP) is -5.74. The van der Waals surface area contributed by atoms with Crippen LogP contribution in [0.4, 0.5) is 0 Å². The van der Waals surface area contributed by atoms with Crippen LogP contribution in [0.1, 0.15) is 0 Å². The maximum absolute atomic E-state index is 7.77. The minimum absolute atomic E-state index is 0. The van der Waals surface area contributed by atoms with E-state index in [1.165, 1.54) is 0 Å². The summed E-state index contributed by atoms with van der Waals surface area (Å²) in [6.07, 6.45) is 0. The molecule has 3 nitrogen and oxygen atoms in total. The Morgan fingerprint density at radius 3 is 1.00 bits per heavy atom. The van der Waals surface area contributed by atoms with E-state index in [1.807, 2.05) is 0 Å². The molecule has 10 heavy (non-hydrogen) atoms. The number of hydrogen-bond acceptors (Lipinski definition) is 3.